The summed E-state index contributed by atoms with van der Waals surface area (Å²) in [6, 6.07) is 8.48. The molecule has 0 unspecified atom stereocenters. The second kappa shape index (κ2) is 7.57. The Labute approximate surface area is 128 Å². The third-order valence-corrected chi connectivity index (χ3v) is 4.25. The number of fused-ring (bicyclic) bond motifs is 1. The molecule has 0 saturated heterocycles. The van der Waals surface area contributed by atoms with Gasteiger partial charge in [-0.1, -0.05) is 32.0 Å². The first-order valence-electron chi connectivity index (χ1n) is 8.00. The molecule has 0 bridgehead atoms. The zero-order valence-electron chi connectivity index (χ0n) is 13.4. The lowest BCUT2D eigenvalue weighted by molar-refractivity contribution is -0.118. The number of hydrogen-bond donors (Lipinski definition) is 1. The van der Waals surface area contributed by atoms with Crippen molar-refractivity contribution >= 4 is 11.6 Å². The molecule has 1 aliphatic heterocycles. The highest BCUT2D eigenvalue weighted by atomic mass is 16.2. The summed E-state index contributed by atoms with van der Waals surface area (Å²) in [5, 5.41) is 3.28. The molecule has 4 nitrogen and oxygen atoms in total. The Morgan fingerprint density at radius 1 is 1.33 bits per heavy atom. The lowest BCUT2D eigenvalue weighted by Crippen LogP contribution is -2.43. The number of carbonyl (C=O) groups excluding carboxylic acids is 1. The molecule has 1 amide bonds. The number of amides is 1. The fourth-order valence-electron chi connectivity index (χ4n) is 3.00. The monoisotopic (exact) mass is 289 g/mol. The van der Waals surface area contributed by atoms with Crippen LogP contribution in [0.2, 0.25) is 0 Å². The number of hydrogen-bond acceptors (Lipinski definition) is 3. The van der Waals surface area contributed by atoms with Crippen molar-refractivity contribution in [2.45, 2.75) is 33.2 Å². The van der Waals surface area contributed by atoms with Crippen LogP contribution in [0.15, 0.2) is 24.3 Å². The Morgan fingerprint density at radius 2 is 2.05 bits per heavy atom. The number of benzene rings is 1. The van der Waals surface area contributed by atoms with Crippen LogP contribution in [0, 0.1) is 0 Å². The Morgan fingerprint density at radius 3 is 2.76 bits per heavy atom. The summed E-state index contributed by atoms with van der Waals surface area (Å²) in [6.45, 7) is 10.8. The van der Waals surface area contributed by atoms with Crippen LogP contribution in [-0.4, -0.2) is 49.6 Å². The molecule has 4 heteroatoms. The van der Waals surface area contributed by atoms with Crippen LogP contribution in [0.25, 0.3) is 0 Å². The van der Waals surface area contributed by atoms with Crippen molar-refractivity contribution in [1.82, 2.24) is 10.2 Å². The standard InChI is InChI=1S/C17H27N3O/c1-4-19(5-2)11-10-18-13-17(21)20-14(3)12-15-8-6-7-9-16(15)20/h6-9,14,18H,4-5,10-13H2,1-3H3/t14-/m1/s1. The first-order chi connectivity index (χ1) is 10.2. The van der Waals surface area contributed by atoms with E-state index in [1.807, 2.05) is 23.1 Å². The highest BCUT2D eigenvalue weighted by molar-refractivity contribution is 5.97. The van der Waals surface area contributed by atoms with E-state index in [9.17, 15) is 4.79 Å². The number of likely N-dealkylation sites (N-methyl/N-ethyl adjacent to an activating group) is 1. The van der Waals surface area contributed by atoms with Crippen LogP contribution in [0.1, 0.15) is 26.3 Å². The van der Waals surface area contributed by atoms with Crippen molar-refractivity contribution in [3.05, 3.63) is 29.8 Å². The fourth-order valence-corrected chi connectivity index (χ4v) is 3.00. The van der Waals surface area contributed by atoms with E-state index in [0.29, 0.717) is 6.54 Å². The molecular weight excluding hydrogens is 262 g/mol. The molecule has 116 valence electrons. The summed E-state index contributed by atoms with van der Waals surface area (Å²) in [6.07, 6.45) is 0.960. The van der Waals surface area contributed by atoms with Crippen LogP contribution in [0.4, 0.5) is 5.69 Å². The van der Waals surface area contributed by atoms with Gasteiger partial charge in [-0.2, -0.15) is 0 Å². The Balaban J connectivity index is 1.84. The van der Waals surface area contributed by atoms with Gasteiger partial charge in [0.25, 0.3) is 0 Å². The Kier molecular flexibility index (Phi) is 5.76. The zero-order valence-corrected chi connectivity index (χ0v) is 13.4. The molecule has 0 radical (unpaired) electrons. The van der Waals surface area contributed by atoms with Crippen LogP contribution in [0.3, 0.4) is 0 Å². The quantitative estimate of drug-likeness (QED) is 0.779. The molecule has 1 N–H and O–H groups in total. The van der Waals surface area contributed by atoms with Crippen LogP contribution < -0.4 is 10.2 Å². The normalized spacial score (nSPS) is 17.3. The molecule has 1 heterocycles. The van der Waals surface area contributed by atoms with Gasteiger partial charge in [0.05, 0.1) is 6.54 Å². The molecule has 21 heavy (non-hydrogen) atoms. The van der Waals surface area contributed by atoms with Gasteiger partial charge in [-0.3, -0.25) is 4.79 Å². The maximum atomic E-state index is 12.5. The van der Waals surface area contributed by atoms with Gasteiger partial charge < -0.3 is 15.1 Å². The molecule has 1 aromatic carbocycles. The number of anilines is 1. The van der Waals surface area contributed by atoms with Gasteiger partial charge in [0.1, 0.15) is 0 Å². The second-order valence-corrected chi connectivity index (χ2v) is 5.65. The van der Waals surface area contributed by atoms with E-state index in [2.05, 4.69) is 37.1 Å². The molecule has 0 saturated carbocycles. The number of para-hydroxylation sites is 1. The number of rotatable bonds is 7. The molecule has 1 aromatic rings. The Hall–Kier alpha value is -1.39. The van der Waals surface area contributed by atoms with Gasteiger partial charge in [-0.05, 0) is 38.1 Å². The van der Waals surface area contributed by atoms with Gasteiger partial charge in [0.2, 0.25) is 5.91 Å². The van der Waals surface area contributed by atoms with Crippen molar-refractivity contribution in [2.75, 3.05) is 37.6 Å². The van der Waals surface area contributed by atoms with Gasteiger partial charge in [-0.25, -0.2) is 0 Å². The summed E-state index contributed by atoms with van der Waals surface area (Å²) in [5.41, 5.74) is 2.36. The van der Waals surface area contributed by atoms with Crippen LogP contribution >= 0.6 is 0 Å². The first-order valence-corrected chi connectivity index (χ1v) is 8.00. The van der Waals surface area contributed by atoms with Gasteiger partial charge in [-0.15, -0.1) is 0 Å². The van der Waals surface area contributed by atoms with E-state index >= 15 is 0 Å². The Bertz CT molecular complexity index is 471. The van der Waals surface area contributed by atoms with Crippen molar-refractivity contribution in [1.29, 1.82) is 0 Å². The summed E-state index contributed by atoms with van der Waals surface area (Å²) < 4.78 is 0. The maximum absolute atomic E-state index is 12.5. The van der Waals surface area contributed by atoms with E-state index in [1.54, 1.807) is 0 Å². The average molecular weight is 289 g/mol. The van der Waals surface area contributed by atoms with E-state index in [0.717, 1.165) is 38.3 Å². The lowest BCUT2D eigenvalue weighted by atomic mass is 10.1. The highest BCUT2D eigenvalue weighted by Crippen LogP contribution is 2.31. The minimum atomic E-state index is 0.173. The molecule has 0 aliphatic carbocycles. The summed E-state index contributed by atoms with van der Waals surface area (Å²) in [7, 11) is 0. The minimum Gasteiger partial charge on any atom is -0.308 e. The third kappa shape index (κ3) is 3.83. The predicted molar refractivity (Wildman–Crippen MR) is 87.8 cm³/mol. The van der Waals surface area contributed by atoms with Gasteiger partial charge in [0, 0.05) is 24.8 Å². The number of nitrogens with zero attached hydrogens (tertiary/aromatic N) is 2. The number of nitrogens with one attached hydrogen (secondary N) is 1. The largest absolute Gasteiger partial charge is 0.308 e. The summed E-state index contributed by atoms with van der Waals surface area (Å²) in [5.74, 6) is 0.173. The molecule has 2 rings (SSSR count). The predicted octanol–water partition coefficient (Wildman–Crippen LogP) is 1.90. The smallest absolute Gasteiger partial charge is 0.241 e. The third-order valence-electron chi connectivity index (χ3n) is 4.25. The molecule has 1 aliphatic rings. The average Bonchev–Trinajstić information content (AvgIpc) is 2.83. The van der Waals surface area contributed by atoms with E-state index in [4.69, 9.17) is 0 Å². The molecule has 0 spiro atoms. The van der Waals surface area contributed by atoms with Crippen molar-refractivity contribution < 1.29 is 4.79 Å². The minimum absolute atomic E-state index is 0.173. The molecular formula is C17H27N3O. The molecule has 1 atom stereocenters. The van der Waals surface area contributed by atoms with E-state index < -0.39 is 0 Å². The van der Waals surface area contributed by atoms with Crippen LogP contribution in [0.5, 0.6) is 0 Å². The maximum Gasteiger partial charge on any atom is 0.241 e. The SMILES string of the molecule is CCN(CC)CCNCC(=O)N1c2ccccc2C[C@H]1C. The molecule has 0 fully saturated rings. The van der Waals surface area contributed by atoms with Crippen molar-refractivity contribution in [3.63, 3.8) is 0 Å². The fraction of sp³-hybridized carbons (Fsp3) is 0.588. The molecule has 0 aromatic heterocycles. The zero-order chi connectivity index (χ0) is 15.2. The van der Waals surface area contributed by atoms with E-state index in [-0.39, 0.29) is 11.9 Å². The van der Waals surface area contributed by atoms with Crippen LogP contribution in [-0.2, 0) is 11.2 Å². The van der Waals surface area contributed by atoms with Gasteiger partial charge >= 0.3 is 0 Å². The topological polar surface area (TPSA) is 35.6 Å². The van der Waals surface area contributed by atoms with Crippen molar-refractivity contribution in [2.24, 2.45) is 0 Å². The summed E-state index contributed by atoms with van der Waals surface area (Å²) in [4.78, 5) is 16.7. The van der Waals surface area contributed by atoms with Crippen molar-refractivity contribution in [3.8, 4) is 0 Å². The number of carbonyl (C=O) groups is 1. The first kappa shape index (κ1) is 16.0. The second-order valence-electron chi connectivity index (χ2n) is 5.65. The summed E-state index contributed by atoms with van der Waals surface area (Å²) >= 11 is 0. The van der Waals surface area contributed by atoms with E-state index in [1.165, 1.54) is 5.56 Å². The lowest BCUT2D eigenvalue weighted by Gasteiger charge is -2.23. The van der Waals surface area contributed by atoms with Gasteiger partial charge in [0.15, 0.2) is 0 Å². The highest BCUT2D eigenvalue weighted by Gasteiger charge is 2.29.